The monoisotopic (exact) mass is 252 g/mol. The Morgan fingerprint density at radius 2 is 1.83 bits per heavy atom. The lowest BCUT2D eigenvalue weighted by molar-refractivity contribution is -0.0695. The Balaban J connectivity index is 1.51. The lowest BCUT2D eigenvalue weighted by Gasteiger charge is -2.36. The fourth-order valence-electron chi connectivity index (χ4n) is 4.32. The Bertz CT molecular complexity index is 260. The minimum atomic E-state index is 0.400. The van der Waals surface area contributed by atoms with Crippen molar-refractivity contribution >= 4 is 0 Å². The zero-order valence-electron chi connectivity index (χ0n) is 11.9. The second-order valence-corrected chi connectivity index (χ2v) is 6.73. The topological polar surface area (TPSA) is 24.5 Å². The van der Waals surface area contributed by atoms with Gasteiger partial charge < -0.3 is 10.1 Å². The quantitative estimate of drug-likeness (QED) is 0.814. The molecule has 2 aliphatic heterocycles. The van der Waals surface area contributed by atoms with Crippen LogP contribution in [-0.4, -0.2) is 48.8 Å². The van der Waals surface area contributed by atoms with Gasteiger partial charge in [-0.2, -0.15) is 0 Å². The summed E-state index contributed by atoms with van der Waals surface area (Å²) in [6, 6.07) is 1.57. The van der Waals surface area contributed by atoms with Crippen LogP contribution in [0.25, 0.3) is 0 Å². The normalized spacial score (nSPS) is 46.0. The van der Waals surface area contributed by atoms with E-state index in [-0.39, 0.29) is 0 Å². The highest BCUT2D eigenvalue weighted by atomic mass is 16.5. The third-order valence-corrected chi connectivity index (χ3v) is 4.92. The predicted molar refractivity (Wildman–Crippen MR) is 73.7 cm³/mol. The molecule has 3 aliphatic rings. The molecular weight excluding hydrogens is 224 g/mol. The lowest BCUT2D eigenvalue weighted by Crippen LogP contribution is -2.49. The Labute approximate surface area is 111 Å². The van der Waals surface area contributed by atoms with Crippen molar-refractivity contribution in [3.05, 3.63) is 0 Å². The highest BCUT2D eigenvalue weighted by molar-refractivity contribution is 4.94. The zero-order chi connectivity index (χ0) is 12.5. The molecule has 5 unspecified atom stereocenters. The summed E-state index contributed by atoms with van der Waals surface area (Å²) in [6.45, 7) is 7.84. The van der Waals surface area contributed by atoms with Crippen molar-refractivity contribution in [1.29, 1.82) is 0 Å². The summed E-state index contributed by atoms with van der Waals surface area (Å²) in [5.74, 6) is 0.972. The number of morpholine rings is 1. The first-order valence-electron chi connectivity index (χ1n) is 7.84. The molecule has 18 heavy (non-hydrogen) atoms. The van der Waals surface area contributed by atoms with E-state index in [0.29, 0.717) is 12.2 Å². The molecule has 0 amide bonds. The first-order chi connectivity index (χ1) is 8.70. The van der Waals surface area contributed by atoms with E-state index in [1.54, 1.807) is 0 Å². The molecule has 5 atom stereocenters. The summed E-state index contributed by atoms with van der Waals surface area (Å²) in [6.07, 6.45) is 7.98. The van der Waals surface area contributed by atoms with E-state index in [1.807, 2.05) is 0 Å². The predicted octanol–water partition coefficient (Wildman–Crippen LogP) is 2.02. The fourth-order valence-corrected chi connectivity index (χ4v) is 4.32. The van der Waals surface area contributed by atoms with Crippen molar-refractivity contribution in [3.8, 4) is 0 Å². The maximum Gasteiger partial charge on any atom is 0.0678 e. The maximum atomic E-state index is 5.81. The van der Waals surface area contributed by atoms with Gasteiger partial charge in [-0.25, -0.2) is 0 Å². The number of rotatable bonds is 2. The van der Waals surface area contributed by atoms with Gasteiger partial charge in [0.2, 0.25) is 0 Å². The third kappa shape index (κ3) is 2.89. The maximum absolute atomic E-state index is 5.81. The van der Waals surface area contributed by atoms with E-state index in [1.165, 1.54) is 38.6 Å². The minimum Gasteiger partial charge on any atom is -0.373 e. The molecule has 1 N–H and O–H groups in total. The van der Waals surface area contributed by atoms with Gasteiger partial charge in [0.05, 0.1) is 12.2 Å². The van der Waals surface area contributed by atoms with Crippen LogP contribution in [0.15, 0.2) is 0 Å². The molecule has 3 heteroatoms. The third-order valence-electron chi connectivity index (χ3n) is 4.92. The van der Waals surface area contributed by atoms with Crippen molar-refractivity contribution in [3.63, 3.8) is 0 Å². The van der Waals surface area contributed by atoms with Gasteiger partial charge in [-0.1, -0.05) is 12.8 Å². The molecule has 0 aromatic heterocycles. The van der Waals surface area contributed by atoms with Crippen LogP contribution in [0.2, 0.25) is 0 Å². The SMILES string of the molecule is CC1CN(CC2CC3CCCCC3N2)CC(C)O1. The van der Waals surface area contributed by atoms with Crippen LogP contribution in [0.4, 0.5) is 0 Å². The summed E-state index contributed by atoms with van der Waals surface area (Å²) in [4.78, 5) is 2.60. The zero-order valence-corrected chi connectivity index (χ0v) is 11.9. The summed E-state index contributed by atoms with van der Waals surface area (Å²) in [7, 11) is 0. The van der Waals surface area contributed by atoms with E-state index in [4.69, 9.17) is 4.74 Å². The van der Waals surface area contributed by atoms with Gasteiger partial charge in [0, 0.05) is 31.7 Å². The Kier molecular flexibility index (Phi) is 3.92. The molecule has 0 aromatic rings. The number of nitrogens with one attached hydrogen (secondary N) is 1. The van der Waals surface area contributed by atoms with Crippen LogP contribution in [-0.2, 0) is 4.74 Å². The van der Waals surface area contributed by atoms with Crippen molar-refractivity contribution in [2.45, 2.75) is 70.2 Å². The van der Waals surface area contributed by atoms with Crippen molar-refractivity contribution in [1.82, 2.24) is 10.2 Å². The van der Waals surface area contributed by atoms with Gasteiger partial charge in [-0.05, 0) is 39.0 Å². The Hall–Kier alpha value is -0.120. The molecule has 2 heterocycles. The van der Waals surface area contributed by atoms with Crippen LogP contribution in [0.1, 0.15) is 46.0 Å². The van der Waals surface area contributed by atoms with Crippen LogP contribution in [0.5, 0.6) is 0 Å². The minimum absolute atomic E-state index is 0.400. The Morgan fingerprint density at radius 1 is 1.11 bits per heavy atom. The van der Waals surface area contributed by atoms with Crippen molar-refractivity contribution < 1.29 is 4.74 Å². The van der Waals surface area contributed by atoms with Crippen LogP contribution in [0, 0.1) is 5.92 Å². The average molecular weight is 252 g/mol. The summed E-state index contributed by atoms with van der Waals surface area (Å²) in [5.41, 5.74) is 0. The van der Waals surface area contributed by atoms with Gasteiger partial charge in [-0.3, -0.25) is 4.90 Å². The number of ether oxygens (including phenoxy) is 1. The van der Waals surface area contributed by atoms with E-state index in [0.717, 1.165) is 31.1 Å². The van der Waals surface area contributed by atoms with Crippen molar-refractivity contribution in [2.75, 3.05) is 19.6 Å². The summed E-state index contributed by atoms with van der Waals surface area (Å²) >= 11 is 0. The summed E-state index contributed by atoms with van der Waals surface area (Å²) in [5, 5.41) is 3.89. The largest absolute Gasteiger partial charge is 0.373 e. The van der Waals surface area contributed by atoms with Gasteiger partial charge in [0.15, 0.2) is 0 Å². The van der Waals surface area contributed by atoms with Gasteiger partial charge in [-0.15, -0.1) is 0 Å². The molecular formula is C15H28N2O. The molecule has 3 rings (SSSR count). The number of hydrogen-bond acceptors (Lipinski definition) is 3. The van der Waals surface area contributed by atoms with Crippen LogP contribution >= 0.6 is 0 Å². The second kappa shape index (κ2) is 5.48. The highest BCUT2D eigenvalue weighted by Gasteiger charge is 2.36. The smallest absolute Gasteiger partial charge is 0.0678 e. The fraction of sp³-hybridized carbons (Fsp3) is 1.00. The van der Waals surface area contributed by atoms with Gasteiger partial charge >= 0.3 is 0 Å². The molecule has 0 radical (unpaired) electrons. The lowest BCUT2D eigenvalue weighted by atomic mass is 9.85. The number of nitrogens with zero attached hydrogens (tertiary/aromatic N) is 1. The molecule has 104 valence electrons. The highest BCUT2D eigenvalue weighted by Crippen LogP contribution is 2.33. The number of fused-ring (bicyclic) bond motifs is 1. The first kappa shape index (κ1) is 12.9. The molecule has 3 nitrogen and oxygen atoms in total. The number of hydrogen-bond donors (Lipinski definition) is 1. The molecule has 0 spiro atoms. The Morgan fingerprint density at radius 3 is 2.56 bits per heavy atom. The molecule has 2 saturated heterocycles. The average Bonchev–Trinajstić information content (AvgIpc) is 2.69. The van der Waals surface area contributed by atoms with E-state index >= 15 is 0 Å². The standard InChI is InChI=1S/C15H28N2O/c1-11-8-17(9-12(2)18-11)10-14-7-13-5-3-4-6-15(13)16-14/h11-16H,3-10H2,1-2H3. The van der Waals surface area contributed by atoms with E-state index < -0.39 is 0 Å². The van der Waals surface area contributed by atoms with Crippen LogP contribution < -0.4 is 5.32 Å². The van der Waals surface area contributed by atoms with E-state index in [2.05, 4.69) is 24.1 Å². The van der Waals surface area contributed by atoms with Crippen molar-refractivity contribution in [2.24, 2.45) is 5.92 Å². The molecule has 0 bridgehead atoms. The van der Waals surface area contributed by atoms with Gasteiger partial charge in [0.1, 0.15) is 0 Å². The second-order valence-electron chi connectivity index (χ2n) is 6.73. The molecule has 1 aliphatic carbocycles. The molecule has 0 aromatic carbocycles. The van der Waals surface area contributed by atoms with Crippen LogP contribution in [0.3, 0.4) is 0 Å². The molecule has 3 fully saturated rings. The van der Waals surface area contributed by atoms with Gasteiger partial charge in [0.25, 0.3) is 0 Å². The first-order valence-corrected chi connectivity index (χ1v) is 7.84. The molecule has 1 saturated carbocycles. The summed E-state index contributed by atoms with van der Waals surface area (Å²) < 4.78 is 5.81. The van der Waals surface area contributed by atoms with E-state index in [9.17, 15) is 0 Å².